The monoisotopic (exact) mass is 268 g/mol. The van der Waals surface area contributed by atoms with Gasteiger partial charge < -0.3 is 0 Å². The molecule has 0 radical (unpaired) electrons. The Bertz CT molecular complexity index is 708. The number of hydrogen-bond donors (Lipinski definition) is 0. The van der Waals surface area contributed by atoms with Crippen molar-refractivity contribution in [1.82, 2.24) is 4.98 Å². The lowest BCUT2D eigenvalue weighted by molar-refractivity contribution is -0.385. The lowest BCUT2D eigenvalue weighted by Gasteiger charge is -2.04. The van der Waals surface area contributed by atoms with Gasteiger partial charge in [-0.2, -0.15) is 0 Å². The number of ketones is 1. The van der Waals surface area contributed by atoms with E-state index < -0.39 is 4.92 Å². The molecule has 1 aromatic carbocycles. The Kier molecular flexibility index (Phi) is 3.70. The molecule has 0 aliphatic rings. The number of rotatable bonds is 4. The van der Waals surface area contributed by atoms with Gasteiger partial charge in [0, 0.05) is 23.4 Å². The molecule has 2 rings (SSSR count). The normalized spacial score (nSPS) is 10.1. The summed E-state index contributed by atoms with van der Waals surface area (Å²) in [5, 5.41) is 11.0. The number of carbonyl (C=O) groups is 1. The fourth-order valence-electron chi connectivity index (χ4n) is 1.84. The van der Waals surface area contributed by atoms with Crippen molar-refractivity contribution in [2.45, 2.75) is 6.92 Å². The highest BCUT2D eigenvalue weighted by Crippen LogP contribution is 2.27. The molecule has 5 heteroatoms. The molecule has 5 nitrogen and oxygen atoms in total. The molecule has 20 heavy (non-hydrogen) atoms. The third-order valence-electron chi connectivity index (χ3n) is 2.91. The van der Waals surface area contributed by atoms with Crippen molar-refractivity contribution < 1.29 is 9.72 Å². The first-order valence-electron chi connectivity index (χ1n) is 5.91. The van der Waals surface area contributed by atoms with E-state index in [4.69, 9.17) is 0 Å². The van der Waals surface area contributed by atoms with Crippen molar-refractivity contribution in [3.05, 3.63) is 64.3 Å². The largest absolute Gasteiger partial charge is 0.295 e. The van der Waals surface area contributed by atoms with Gasteiger partial charge in [-0.3, -0.25) is 19.9 Å². The molecular formula is C15H12N2O3. The minimum Gasteiger partial charge on any atom is -0.295 e. The molecule has 0 spiro atoms. The van der Waals surface area contributed by atoms with E-state index in [1.165, 1.54) is 25.3 Å². The first kappa shape index (κ1) is 13.6. The van der Waals surface area contributed by atoms with Crippen molar-refractivity contribution in [3.8, 4) is 11.3 Å². The number of aromatic nitrogens is 1. The van der Waals surface area contributed by atoms with Crippen molar-refractivity contribution in [2.75, 3.05) is 0 Å². The van der Waals surface area contributed by atoms with E-state index >= 15 is 0 Å². The van der Waals surface area contributed by atoms with Gasteiger partial charge in [-0.25, -0.2) is 0 Å². The molecule has 2 aromatic rings. The van der Waals surface area contributed by atoms with Gasteiger partial charge in [-0.1, -0.05) is 18.7 Å². The highest BCUT2D eigenvalue weighted by molar-refractivity contribution is 5.95. The number of nitro benzene ring substituents is 1. The first-order chi connectivity index (χ1) is 9.52. The Morgan fingerprint density at radius 3 is 2.70 bits per heavy atom. The maximum absolute atomic E-state index is 11.4. The van der Waals surface area contributed by atoms with Crippen molar-refractivity contribution in [2.24, 2.45) is 0 Å². The summed E-state index contributed by atoms with van der Waals surface area (Å²) < 4.78 is 0. The summed E-state index contributed by atoms with van der Waals surface area (Å²) in [6.07, 6.45) is 2.95. The lowest BCUT2D eigenvalue weighted by atomic mass is 10.0. The SMILES string of the molecule is C=Cc1ccc(-c2cc(C(C)=O)ccn2)cc1[N+](=O)[O-]. The topological polar surface area (TPSA) is 73.1 Å². The van der Waals surface area contributed by atoms with Crippen LogP contribution >= 0.6 is 0 Å². The van der Waals surface area contributed by atoms with Gasteiger partial charge in [0.1, 0.15) is 0 Å². The second-order valence-corrected chi connectivity index (χ2v) is 4.22. The van der Waals surface area contributed by atoms with E-state index in [1.807, 2.05) is 0 Å². The highest BCUT2D eigenvalue weighted by atomic mass is 16.6. The van der Waals surface area contributed by atoms with Crippen molar-refractivity contribution >= 4 is 17.5 Å². The van der Waals surface area contributed by atoms with Crippen LogP contribution in [0.2, 0.25) is 0 Å². The standard InChI is InChI=1S/C15H12N2O3/c1-3-11-4-5-13(9-15(11)17(19)20)14-8-12(10(2)18)6-7-16-14/h3-9H,1H2,2H3. The van der Waals surface area contributed by atoms with Crippen LogP contribution in [0.3, 0.4) is 0 Å². The number of benzene rings is 1. The fourth-order valence-corrected chi connectivity index (χ4v) is 1.84. The van der Waals surface area contributed by atoms with E-state index in [-0.39, 0.29) is 11.5 Å². The Morgan fingerprint density at radius 2 is 2.10 bits per heavy atom. The summed E-state index contributed by atoms with van der Waals surface area (Å²) in [6, 6.07) is 8.00. The van der Waals surface area contributed by atoms with Crippen molar-refractivity contribution in [1.29, 1.82) is 0 Å². The fraction of sp³-hybridized carbons (Fsp3) is 0.0667. The van der Waals surface area contributed by atoms with Gasteiger partial charge in [0.15, 0.2) is 5.78 Å². The zero-order valence-corrected chi connectivity index (χ0v) is 10.9. The second-order valence-electron chi connectivity index (χ2n) is 4.22. The van der Waals surface area contributed by atoms with Gasteiger partial charge in [-0.05, 0) is 25.1 Å². The summed E-state index contributed by atoms with van der Waals surface area (Å²) in [6.45, 7) is 5.01. The highest BCUT2D eigenvalue weighted by Gasteiger charge is 2.14. The molecule has 0 saturated heterocycles. The van der Waals surface area contributed by atoms with Crippen LogP contribution in [0, 0.1) is 10.1 Å². The third kappa shape index (κ3) is 2.61. The van der Waals surface area contributed by atoms with Gasteiger partial charge in [0.2, 0.25) is 0 Å². The average molecular weight is 268 g/mol. The number of carbonyl (C=O) groups excluding carboxylic acids is 1. The van der Waals surface area contributed by atoms with Crippen LogP contribution in [-0.4, -0.2) is 15.7 Å². The predicted octanol–water partition coefficient (Wildman–Crippen LogP) is 3.50. The number of pyridine rings is 1. The van der Waals surface area contributed by atoms with Crippen LogP contribution in [0.1, 0.15) is 22.8 Å². The minimum absolute atomic E-state index is 0.0347. The zero-order valence-electron chi connectivity index (χ0n) is 10.9. The van der Waals surface area contributed by atoms with E-state index in [0.29, 0.717) is 22.4 Å². The molecule has 1 heterocycles. The summed E-state index contributed by atoms with van der Waals surface area (Å²) in [4.78, 5) is 26.1. The zero-order chi connectivity index (χ0) is 14.7. The predicted molar refractivity (Wildman–Crippen MR) is 76.4 cm³/mol. The minimum atomic E-state index is -0.463. The Hall–Kier alpha value is -2.82. The number of hydrogen-bond acceptors (Lipinski definition) is 4. The average Bonchev–Trinajstić information content (AvgIpc) is 2.46. The van der Waals surface area contributed by atoms with Gasteiger partial charge in [0.05, 0.1) is 16.2 Å². The third-order valence-corrected chi connectivity index (χ3v) is 2.91. The maximum Gasteiger partial charge on any atom is 0.277 e. The van der Waals surface area contributed by atoms with E-state index in [1.54, 1.807) is 24.3 Å². The van der Waals surface area contributed by atoms with Crippen LogP contribution in [0.4, 0.5) is 5.69 Å². The van der Waals surface area contributed by atoms with Gasteiger partial charge in [-0.15, -0.1) is 0 Å². The molecule has 0 N–H and O–H groups in total. The van der Waals surface area contributed by atoms with Crippen LogP contribution in [0.25, 0.3) is 17.3 Å². The van der Waals surface area contributed by atoms with Gasteiger partial charge in [0.25, 0.3) is 5.69 Å². The molecule has 0 amide bonds. The summed E-state index contributed by atoms with van der Waals surface area (Å²) >= 11 is 0. The van der Waals surface area contributed by atoms with Crippen LogP contribution in [-0.2, 0) is 0 Å². The quantitative estimate of drug-likeness (QED) is 0.483. The van der Waals surface area contributed by atoms with Gasteiger partial charge >= 0.3 is 0 Å². The molecule has 0 aliphatic carbocycles. The molecular weight excluding hydrogens is 256 g/mol. The molecule has 0 unspecified atom stereocenters. The van der Waals surface area contributed by atoms with E-state index in [0.717, 1.165) is 0 Å². The van der Waals surface area contributed by atoms with E-state index in [9.17, 15) is 14.9 Å². The van der Waals surface area contributed by atoms with E-state index in [2.05, 4.69) is 11.6 Å². The van der Waals surface area contributed by atoms with Crippen molar-refractivity contribution in [3.63, 3.8) is 0 Å². The number of nitro groups is 1. The summed E-state index contributed by atoms with van der Waals surface area (Å²) in [7, 11) is 0. The Labute approximate surface area is 115 Å². The molecule has 0 bridgehead atoms. The molecule has 1 aromatic heterocycles. The van der Waals surface area contributed by atoms with Crippen LogP contribution < -0.4 is 0 Å². The lowest BCUT2D eigenvalue weighted by Crippen LogP contribution is -1.96. The molecule has 0 aliphatic heterocycles. The first-order valence-corrected chi connectivity index (χ1v) is 5.91. The maximum atomic E-state index is 11.4. The Morgan fingerprint density at radius 1 is 1.35 bits per heavy atom. The summed E-state index contributed by atoms with van der Waals surface area (Å²) in [5.74, 6) is -0.0779. The number of nitrogens with zero attached hydrogens (tertiary/aromatic N) is 2. The van der Waals surface area contributed by atoms with Crippen LogP contribution in [0.15, 0.2) is 43.1 Å². The van der Waals surface area contributed by atoms with Crippen LogP contribution in [0.5, 0.6) is 0 Å². The molecule has 0 saturated carbocycles. The number of Topliss-reactive ketones (excluding diaryl/α,β-unsaturated/α-hetero) is 1. The smallest absolute Gasteiger partial charge is 0.277 e. The summed E-state index contributed by atoms with van der Waals surface area (Å²) in [5.41, 5.74) is 2.04. The second kappa shape index (κ2) is 5.44. The molecule has 0 fully saturated rings. The molecule has 0 atom stereocenters. The Balaban J connectivity index is 2.56. The molecule has 100 valence electrons.